The van der Waals surface area contributed by atoms with Crippen LogP contribution in [0.15, 0.2) is 21.1 Å². The van der Waals surface area contributed by atoms with Gasteiger partial charge >= 0.3 is 5.97 Å². The average molecular weight is 309 g/mol. The fourth-order valence-electron chi connectivity index (χ4n) is 0.945. The fourth-order valence-corrected chi connectivity index (χ4v) is 1.70. The zero-order chi connectivity index (χ0) is 10.0. The minimum atomic E-state index is -0.867. The SMILES string of the molecule is Nc1cc(CC(=O)O)cc(Br)c1Br. The van der Waals surface area contributed by atoms with Gasteiger partial charge in [0.2, 0.25) is 0 Å². The zero-order valence-corrected chi connectivity index (χ0v) is 9.72. The number of hydrogen-bond donors (Lipinski definition) is 2. The summed E-state index contributed by atoms with van der Waals surface area (Å²) < 4.78 is 1.52. The van der Waals surface area contributed by atoms with Crippen molar-refractivity contribution in [3.05, 3.63) is 26.6 Å². The number of aliphatic carboxylic acids is 1. The number of hydrogen-bond acceptors (Lipinski definition) is 2. The number of rotatable bonds is 2. The third-order valence-electron chi connectivity index (χ3n) is 1.47. The van der Waals surface area contributed by atoms with E-state index in [1.807, 2.05) is 0 Å². The molecule has 70 valence electrons. The summed E-state index contributed by atoms with van der Waals surface area (Å²) in [6.45, 7) is 0. The molecule has 1 rings (SSSR count). The number of halogens is 2. The molecule has 5 heteroatoms. The van der Waals surface area contributed by atoms with Gasteiger partial charge in [-0.25, -0.2) is 0 Å². The van der Waals surface area contributed by atoms with Crippen LogP contribution in [0.5, 0.6) is 0 Å². The largest absolute Gasteiger partial charge is 0.481 e. The number of benzene rings is 1. The maximum atomic E-state index is 10.4. The Kier molecular flexibility index (Phi) is 3.33. The zero-order valence-electron chi connectivity index (χ0n) is 6.55. The van der Waals surface area contributed by atoms with Crippen molar-refractivity contribution in [1.82, 2.24) is 0 Å². The van der Waals surface area contributed by atoms with E-state index in [1.54, 1.807) is 12.1 Å². The Bertz CT molecular complexity index is 329. The maximum absolute atomic E-state index is 10.4. The fraction of sp³-hybridized carbons (Fsp3) is 0.125. The Balaban J connectivity index is 3.06. The van der Waals surface area contributed by atoms with Crippen molar-refractivity contribution in [2.75, 3.05) is 5.73 Å². The Morgan fingerprint density at radius 1 is 1.46 bits per heavy atom. The first-order valence-electron chi connectivity index (χ1n) is 3.46. The Labute approximate surface area is 92.2 Å². The summed E-state index contributed by atoms with van der Waals surface area (Å²) in [4.78, 5) is 10.4. The lowest BCUT2D eigenvalue weighted by Gasteiger charge is -2.04. The smallest absolute Gasteiger partial charge is 0.307 e. The van der Waals surface area contributed by atoms with Crippen molar-refractivity contribution < 1.29 is 9.90 Å². The Morgan fingerprint density at radius 3 is 2.54 bits per heavy atom. The molecule has 0 aliphatic heterocycles. The third-order valence-corrected chi connectivity index (χ3v) is 3.51. The minimum absolute atomic E-state index is 0.0178. The lowest BCUT2D eigenvalue weighted by Crippen LogP contribution is -2.01. The van der Waals surface area contributed by atoms with Gasteiger partial charge in [0.1, 0.15) is 0 Å². The quantitative estimate of drug-likeness (QED) is 0.825. The molecule has 1 aromatic rings. The van der Waals surface area contributed by atoms with Crippen LogP contribution < -0.4 is 5.73 Å². The molecule has 0 aliphatic rings. The van der Waals surface area contributed by atoms with Crippen LogP contribution in [0.4, 0.5) is 5.69 Å². The highest BCUT2D eigenvalue weighted by Crippen LogP contribution is 2.30. The monoisotopic (exact) mass is 307 g/mol. The molecule has 0 saturated carbocycles. The van der Waals surface area contributed by atoms with Gasteiger partial charge in [-0.3, -0.25) is 4.79 Å². The van der Waals surface area contributed by atoms with Gasteiger partial charge in [-0.1, -0.05) is 0 Å². The number of anilines is 1. The summed E-state index contributed by atoms with van der Waals surface area (Å²) in [5.74, 6) is -0.867. The second kappa shape index (κ2) is 4.11. The van der Waals surface area contributed by atoms with Crippen LogP contribution in [0.25, 0.3) is 0 Å². The number of nitrogen functional groups attached to an aromatic ring is 1. The molecule has 0 fully saturated rings. The van der Waals surface area contributed by atoms with Gasteiger partial charge in [0.15, 0.2) is 0 Å². The van der Waals surface area contributed by atoms with Crippen molar-refractivity contribution in [3.8, 4) is 0 Å². The summed E-state index contributed by atoms with van der Waals surface area (Å²) in [6.07, 6.45) is -0.0178. The van der Waals surface area contributed by atoms with E-state index < -0.39 is 5.97 Å². The van der Waals surface area contributed by atoms with Crippen LogP contribution in [0, 0.1) is 0 Å². The molecule has 0 bridgehead atoms. The van der Waals surface area contributed by atoms with Gasteiger partial charge in [-0.2, -0.15) is 0 Å². The molecule has 0 radical (unpaired) electrons. The second-order valence-electron chi connectivity index (χ2n) is 2.55. The van der Waals surface area contributed by atoms with Gasteiger partial charge in [0.25, 0.3) is 0 Å². The summed E-state index contributed by atoms with van der Waals surface area (Å²) in [5, 5.41) is 8.55. The van der Waals surface area contributed by atoms with E-state index in [1.165, 1.54) is 0 Å². The first kappa shape index (κ1) is 10.5. The van der Waals surface area contributed by atoms with E-state index >= 15 is 0 Å². The normalized spacial score (nSPS) is 10.0. The van der Waals surface area contributed by atoms with Gasteiger partial charge < -0.3 is 10.8 Å². The summed E-state index contributed by atoms with van der Waals surface area (Å²) in [7, 11) is 0. The summed E-state index contributed by atoms with van der Waals surface area (Å²) >= 11 is 6.53. The maximum Gasteiger partial charge on any atom is 0.307 e. The van der Waals surface area contributed by atoms with Crippen LogP contribution in [0.3, 0.4) is 0 Å². The molecule has 1 aromatic carbocycles. The predicted octanol–water partition coefficient (Wildman–Crippen LogP) is 2.42. The standard InChI is InChI=1S/C8H7Br2NO2/c9-5-1-4(3-7(12)13)2-6(11)8(5)10/h1-2H,3,11H2,(H,12,13). The van der Waals surface area contributed by atoms with E-state index in [0.717, 1.165) is 8.95 Å². The van der Waals surface area contributed by atoms with Crippen LogP contribution in [0.1, 0.15) is 5.56 Å². The summed E-state index contributed by atoms with van der Waals surface area (Å²) in [5.41, 5.74) is 6.84. The molecule has 3 nitrogen and oxygen atoms in total. The predicted molar refractivity (Wildman–Crippen MR) is 57.6 cm³/mol. The van der Waals surface area contributed by atoms with Crippen molar-refractivity contribution in [2.24, 2.45) is 0 Å². The molecule has 0 unspecified atom stereocenters. The molecule has 3 N–H and O–H groups in total. The Hall–Kier alpha value is -0.550. The van der Waals surface area contributed by atoms with E-state index in [4.69, 9.17) is 10.8 Å². The molecular weight excluding hydrogens is 302 g/mol. The van der Waals surface area contributed by atoms with E-state index in [2.05, 4.69) is 31.9 Å². The molecule has 0 atom stereocenters. The number of nitrogens with two attached hydrogens (primary N) is 1. The lowest BCUT2D eigenvalue weighted by molar-refractivity contribution is -0.136. The third kappa shape index (κ3) is 2.70. The summed E-state index contributed by atoms with van der Waals surface area (Å²) in [6, 6.07) is 3.37. The molecule has 0 spiro atoms. The minimum Gasteiger partial charge on any atom is -0.481 e. The molecule has 0 saturated heterocycles. The number of carboxylic acids is 1. The molecule has 0 amide bonds. The highest BCUT2D eigenvalue weighted by molar-refractivity contribution is 9.13. The first-order chi connectivity index (χ1) is 6.00. The van der Waals surface area contributed by atoms with Gasteiger partial charge in [-0.15, -0.1) is 0 Å². The highest BCUT2D eigenvalue weighted by Gasteiger charge is 2.06. The van der Waals surface area contributed by atoms with Crippen LogP contribution in [0.2, 0.25) is 0 Å². The lowest BCUT2D eigenvalue weighted by atomic mass is 10.1. The molecular formula is C8H7Br2NO2. The second-order valence-corrected chi connectivity index (χ2v) is 4.20. The van der Waals surface area contributed by atoms with Crippen LogP contribution in [-0.2, 0) is 11.2 Å². The van der Waals surface area contributed by atoms with E-state index in [0.29, 0.717) is 11.3 Å². The van der Waals surface area contributed by atoms with Crippen molar-refractivity contribution in [2.45, 2.75) is 6.42 Å². The molecule has 13 heavy (non-hydrogen) atoms. The number of carboxylic acid groups (broad SMARTS) is 1. The Morgan fingerprint density at radius 2 is 2.08 bits per heavy atom. The van der Waals surface area contributed by atoms with E-state index in [-0.39, 0.29) is 6.42 Å². The van der Waals surface area contributed by atoms with Crippen molar-refractivity contribution in [3.63, 3.8) is 0 Å². The van der Waals surface area contributed by atoms with Gasteiger partial charge in [0, 0.05) is 10.2 Å². The molecule has 0 aliphatic carbocycles. The van der Waals surface area contributed by atoms with E-state index in [9.17, 15) is 4.79 Å². The van der Waals surface area contributed by atoms with Gasteiger partial charge in [-0.05, 0) is 49.6 Å². The number of carbonyl (C=O) groups is 1. The van der Waals surface area contributed by atoms with Crippen LogP contribution in [-0.4, -0.2) is 11.1 Å². The first-order valence-corrected chi connectivity index (χ1v) is 5.04. The van der Waals surface area contributed by atoms with Crippen molar-refractivity contribution >= 4 is 43.5 Å². The van der Waals surface area contributed by atoms with Gasteiger partial charge in [0.05, 0.1) is 10.9 Å². The average Bonchev–Trinajstić information content (AvgIpc) is 1.98. The van der Waals surface area contributed by atoms with Crippen molar-refractivity contribution in [1.29, 1.82) is 0 Å². The molecule has 0 aromatic heterocycles. The highest BCUT2D eigenvalue weighted by atomic mass is 79.9. The topological polar surface area (TPSA) is 63.3 Å². The van der Waals surface area contributed by atoms with Crippen LogP contribution >= 0.6 is 31.9 Å². The molecule has 0 heterocycles.